The Morgan fingerprint density at radius 1 is 1.47 bits per heavy atom. The smallest absolute Gasteiger partial charge is 0.267 e. The Morgan fingerprint density at radius 3 is 3.11 bits per heavy atom. The molecule has 1 aromatic carbocycles. The number of rotatable bonds is 4. The third-order valence-electron chi connectivity index (χ3n) is 2.90. The van der Waals surface area contributed by atoms with Crippen molar-refractivity contribution in [3.05, 3.63) is 41.5 Å². The minimum absolute atomic E-state index is 0.282. The fourth-order valence-corrected chi connectivity index (χ4v) is 1.91. The Bertz CT molecular complexity index is 450. The van der Waals surface area contributed by atoms with E-state index >= 15 is 0 Å². The molecule has 2 rings (SSSR count). The van der Waals surface area contributed by atoms with Crippen LogP contribution in [0.15, 0.2) is 30.3 Å². The molecule has 19 heavy (non-hydrogen) atoms. The molecule has 0 aromatic heterocycles. The van der Waals surface area contributed by atoms with Crippen LogP contribution in [0.4, 0.5) is 0 Å². The molecule has 1 heterocycles. The summed E-state index contributed by atoms with van der Waals surface area (Å²) in [6.07, 6.45) is 5.85. The number of nitrogens with one attached hydrogen (secondary N) is 1. The van der Waals surface area contributed by atoms with Crippen LogP contribution in [0.1, 0.15) is 30.4 Å². The fourth-order valence-electron chi connectivity index (χ4n) is 1.91. The van der Waals surface area contributed by atoms with Crippen LogP contribution in [0, 0.1) is 6.92 Å². The predicted octanol–water partition coefficient (Wildman–Crippen LogP) is 2.58. The van der Waals surface area contributed by atoms with Crippen LogP contribution in [0.5, 0.6) is 0 Å². The van der Waals surface area contributed by atoms with Crippen LogP contribution >= 0.6 is 0 Å². The maximum absolute atomic E-state index is 11.6. The molecule has 1 N–H and O–H groups in total. The number of hydrogen-bond acceptors (Lipinski definition) is 3. The average Bonchev–Trinajstić information content (AvgIpc) is 2.44. The van der Waals surface area contributed by atoms with Crippen LogP contribution in [-0.4, -0.2) is 18.8 Å². The van der Waals surface area contributed by atoms with Gasteiger partial charge in [-0.3, -0.25) is 4.79 Å². The third-order valence-corrected chi connectivity index (χ3v) is 2.90. The molecule has 102 valence electrons. The first-order chi connectivity index (χ1) is 9.24. The molecule has 0 saturated carbocycles. The van der Waals surface area contributed by atoms with Gasteiger partial charge in [0.15, 0.2) is 6.29 Å². The Labute approximate surface area is 113 Å². The van der Waals surface area contributed by atoms with E-state index < -0.39 is 0 Å². The van der Waals surface area contributed by atoms with Crippen molar-refractivity contribution in [1.82, 2.24) is 5.48 Å². The van der Waals surface area contributed by atoms with Gasteiger partial charge in [0.1, 0.15) is 0 Å². The van der Waals surface area contributed by atoms with Gasteiger partial charge in [-0.2, -0.15) is 0 Å². The van der Waals surface area contributed by atoms with E-state index in [2.05, 4.69) is 5.48 Å². The van der Waals surface area contributed by atoms with Crippen molar-refractivity contribution in [3.63, 3.8) is 0 Å². The second kappa shape index (κ2) is 7.07. The van der Waals surface area contributed by atoms with Gasteiger partial charge in [-0.15, -0.1) is 0 Å². The van der Waals surface area contributed by atoms with Crippen molar-refractivity contribution < 1.29 is 14.4 Å². The number of benzene rings is 1. The van der Waals surface area contributed by atoms with E-state index in [0.717, 1.165) is 30.4 Å². The number of carbonyl (C=O) groups is 1. The van der Waals surface area contributed by atoms with Gasteiger partial charge in [0.05, 0.1) is 0 Å². The first-order valence-electron chi connectivity index (χ1n) is 6.56. The number of carbonyl (C=O) groups excluding carboxylic acids is 1. The summed E-state index contributed by atoms with van der Waals surface area (Å²) in [6.45, 7) is 2.71. The lowest BCUT2D eigenvalue weighted by atomic mass is 10.1. The molecule has 1 aromatic rings. The summed E-state index contributed by atoms with van der Waals surface area (Å²) in [5.41, 5.74) is 4.54. The predicted molar refractivity (Wildman–Crippen MR) is 73.0 cm³/mol. The molecular weight excluding hydrogens is 242 g/mol. The van der Waals surface area contributed by atoms with E-state index in [9.17, 15) is 4.79 Å². The van der Waals surface area contributed by atoms with Crippen LogP contribution in [0.2, 0.25) is 0 Å². The van der Waals surface area contributed by atoms with Crippen molar-refractivity contribution in [3.8, 4) is 0 Å². The minimum Gasteiger partial charge on any atom is -0.350 e. The lowest BCUT2D eigenvalue weighted by molar-refractivity contribution is -0.198. The van der Waals surface area contributed by atoms with Gasteiger partial charge in [-0.25, -0.2) is 10.3 Å². The van der Waals surface area contributed by atoms with E-state index in [0.29, 0.717) is 6.61 Å². The molecule has 1 aliphatic rings. The average molecular weight is 261 g/mol. The lowest BCUT2D eigenvalue weighted by Crippen LogP contribution is -2.32. The molecular formula is C15H19NO3. The molecule has 4 heteroatoms. The topological polar surface area (TPSA) is 47.6 Å². The Kier molecular flexibility index (Phi) is 5.12. The van der Waals surface area contributed by atoms with Crippen molar-refractivity contribution in [2.24, 2.45) is 0 Å². The Morgan fingerprint density at radius 2 is 2.37 bits per heavy atom. The van der Waals surface area contributed by atoms with E-state index in [4.69, 9.17) is 9.57 Å². The maximum Gasteiger partial charge on any atom is 0.267 e. The highest BCUT2D eigenvalue weighted by molar-refractivity contribution is 5.90. The van der Waals surface area contributed by atoms with Crippen LogP contribution < -0.4 is 5.48 Å². The summed E-state index contributed by atoms with van der Waals surface area (Å²) >= 11 is 0. The van der Waals surface area contributed by atoms with Gasteiger partial charge in [0, 0.05) is 19.1 Å². The Hall–Kier alpha value is -1.65. The molecule has 1 aliphatic heterocycles. The van der Waals surface area contributed by atoms with E-state index in [1.165, 1.54) is 6.08 Å². The zero-order valence-corrected chi connectivity index (χ0v) is 11.1. The summed E-state index contributed by atoms with van der Waals surface area (Å²) < 4.78 is 5.35. The molecule has 4 nitrogen and oxygen atoms in total. The highest BCUT2D eigenvalue weighted by Crippen LogP contribution is 2.12. The second-order valence-electron chi connectivity index (χ2n) is 4.63. The van der Waals surface area contributed by atoms with Gasteiger partial charge in [-0.1, -0.05) is 29.8 Å². The first kappa shape index (κ1) is 13.8. The van der Waals surface area contributed by atoms with Gasteiger partial charge < -0.3 is 4.74 Å². The van der Waals surface area contributed by atoms with Crippen molar-refractivity contribution >= 4 is 12.0 Å². The molecule has 0 aliphatic carbocycles. The zero-order chi connectivity index (χ0) is 13.5. The standard InChI is InChI=1S/C15H19NO3/c1-12-5-4-6-13(11-12)8-9-14(17)16-19-15-7-2-3-10-18-15/h4-6,8-9,11,15H,2-3,7,10H2,1H3,(H,16,17)/b9-8+. The minimum atomic E-state index is -0.315. The van der Waals surface area contributed by atoms with Crippen molar-refractivity contribution in [2.75, 3.05) is 6.61 Å². The lowest BCUT2D eigenvalue weighted by Gasteiger charge is -2.21. The van der Waals surface area contributed by atoms with E-state index in [1.807, 2.05) is 31.2 Å². The molecule has 0 radical (unpaired) electrons. The Balaban J connectivity index is 1.77. The molecule has 0 bridgehead atoms. The van der Waals surface area contributed by atoms with Crippen molar-refractivity contribution in [1.29, 1.82) is 0 Å². The van der Waals surface area contributed by atoms with Crippen LogP contribution in [0.25, 0.3) is 6.08 Å². The quantitative estimate of drug-likeness (QED) is 0.669. The largest absolute Gasteiger partial charge is 0.350 e. The number of aryl methyl sites for hydroxylation is 1. The van der Waals surface area contributed by atoms with Gasteiger partial charge in [0.25, 0.3) is 5.91 Å². The van der Waals surface area contributed by atoms with E-state index in [1.54, 1.807) is 6.08 Å². The highest BCUT2D eigenvalue weighted by Gasteiger charge is 2.14. The number of hydroxylamine groups is 1. The first-order valence-corrected chi connectivity index (χ1v) is 6.56. The molecule has 0 spiro atoms. The number of hydrogen-bond donors (Lipinski definition) is 1. The summed E-state index contributed by atoms with van der Waals surface area (Å²) in [6, 6.07) is 7.93. The highest BCUT2D eigenvalue weighted by atomic mass is 16.8. The van der Waals surface area contributed by atoms with Gasteiger partial charge in [0.2, 0.25) is 0 Å². The van der Waals surface area contributed by atoms with Crippen molar-refractivity contribution in [2.45, 2.75) is 32.5 Å². The monoisotopic (exact) mass is 261 g/mol. The van der Waals surface area contributed by atoms with Crippen LogP contribution in [-0.2, 0) is 14.4 Å². The van der Waals surface area contributed by atoms with Crippen LogP contribution in [0.3, 0.4) is 0 Å². The number of ether oxygens (including phenoxy) is 1. The fraction of sp³-hybridized carbons (Fsp3) is 0.400. The van der Waals surface area contributed by atoms with Gasteiger partial charge in [-0.05, 0) is 31.4 Å². The maximum atomic E-state index is 11.6. The van der Waals surface area contributed by atoms with E-state index in [-0.39, 0.29) is 12.2 Å². The second-order valence-corrected chi connectivity index (χ2v) is 4.63. The summed E-state index contributed by atoms with van der Waals surface area (Å²) in [5.74, 6) is -0.282. The molecule has 1 fully saturated rings. The molecule has 1 unspecified atom stereocenters. The normalized spacial score (nSPS) is 19.5. The molecule has 1 amide bonds. The SMILES string of the molecule is Cc1cccc(/C=C/C(=O)NOC2CCCCO2)c1. The summed E-state index contributed by atoms with van der Waals surface area (Å²) in [4.78, 5) is 16.7. The molecule has 1 atom stereocenters. The summed E-state index contributed by atoms with van der Waals surface area (Å²) in [5, 5.41) is 0. The number of amides is 1. The zero-order valence-electron chi connectivity index (χ0n) is 11.1. The van der Waals surface area contributed by atoms with Gasteiger partial charge >= 0.3 is 0 Å². The molecule has 1 saturated heterocycles. The summed E-state index contributed by atoms with van der Waals surface area (Å²) in [7, 11) is 0. The third kappa shape index (κ3) is 4.85.